The second-order valence-corrected chi connectivity index (χ2v) is 15.8. The molecule has 1 aromatic rings. The van der Waals surface area contributed by atoms with Gasteiger partial charge in [-0.25, -0.2) is 0 Å². The molecule has 2 heteroatoms. The van der Waals surface area contributed by atoms with Crippen molar-refractivity contribution >= 4 is 8.07 Å². The van der Waals surface area contributed by atoms with Crippen LogP contribution in [0.4, 0.5) is 0 Å². The van der Waals surface area contributed by atoms with Crippen molar-refractivity contribution in [2.75, 3.05) is 0 Å². The van der Waals surface area contributed by atoms with Gasteiger partial charge in [0.25, 0.3) is 0 Å². The van der Waals surface area contributed by atoms with E-state index in [4.69, 9.17) is 0 Å². The van der Waals surface area contributed by atoms with Crippen LogP contribution in [0.1, 0.15) is 32.3 Å². The number of hydrogen-bond acceptors (Lipinski definition) is 0. The van der Waals surface area contributed by atoms with Gasteiger partial charge in [0, 0.05) is 0 Å². The minimum absolute atomic E-state index is 0. The molecule has 0 amide bonds. The van der Waals surface area contributed by atoms with Crippen LogP contribution < -0.4 is 0 Å². The molecule has 2 saturated carbocycles. The van der Waals surface area contributed by atoms with Crippen molar-refractivity contribution in [2.45, 2.75) is 50.9 Å². The molecule has 0 saturated heterocycles. The predicted molar refractivity (Wildman–Crippen MR) is 153 cm³/mol. The average molecular weight is 552 g/mol. The van der Waals surface area contributed by atoms with Gasteiger partial charge in [-0.05, 0) is 59.4 Å². The summed E-state index contributed by atoms with van der Waals surface area (Å²) in [5.41, 5.74) is 2.99. The molecular formula is C32H48SiZr. The third-order valence-electron chi connectivity index (χ3n) is 8.50. The Labute approximate surface area is 233 Å². The fourth-order valence-electron chi connectivity index (χ4n) is 7.65. The van der Waals surface area contributed by atoms with E-state index < -0.39 is 8.07 Å². The molecule has 0 heterocycles. The molecule has 4 aliphatic rings. The topological polar surface area (TPSA) is 0 Å². The Bertz CT molecular complexity index is 784. The molecule has 2 fully saturated rings. The molecule has 0 bridgehead atoms. The SMILES string of the molecule is CC1CC2C=CC=CC2C1[Si](C)(C)C1C(C)CC2C=CC=CC21.[CH2-]c1ccccc1.[CH3-].[CH3-].[CH3-].[Zr+4]. The van der Waals surface area contributed by atoms with Crippen LogP contribution >= 0.6 is 0 Å². The van der Waals surface area contributed by atoms with Crippen molar-refractivity contribution < 1.29 is 26.2 Å². The summed E-state index contributed by atoms with van der Waals surface area (Å²) in [7, 11) is -1.35. The Morgan fingerprint density at radius 1 is 0.676 bits per heavy atom. The van der Waals surface area contributed by atoms with Crippen molar-refractivity contribution in [3.63, 3.8) is 0 Å². The van der Waals surface area contributed by atoms with Crippen molar-refractivity contribution in [1.82, 2.24) is 0 Å². The molecule has 184 valence electrons. The van der Waals surface area contributed by atoms with Gasteiger partial charge in [0.2, 0.25) is 0 Å². The van der Waals surface area contributed by atoms with E-state index >= 15 is 0 Å². The van der Waals surface area contributed by atoms with E-state index in [0.29, 0.717) is 0 Å². The Morgan fingerprint density at radius 2 is 1.06 bits per heavy atom. The van der Waals surface area contributed by atoms with Gasteiger partial charge in [-0.2, -0.15) is 24.6 Å². The van der Waals surface area contributed by atoms with Gasteiger partial charge in [0.05, 0.1) is 8.07 Å². The van der Waals surface area contributed by atoms with Gasteiger partial charge in [-0.3, -0.25) is 0 Å². The largest absolute Gasteiger partial charge is 4.00 e. The summed E-state index contributed by atoms with van der Waals surface area (Å²) in [6.45, 7) is 14.3. The molecule has 0 nitrogen and oxygen atoms in total. The Morgan fingerprint density at radius 3 is 1.41 bits per heavy atom. The summed E-state index contributed by atoms with van der Waals surface area (Å²) in [4.78, 5) is 0. The third-order valence-corrected chi connectivity index (χ3v) is 13.8. The maximum Gasteiger partial charge on any atom is 4.00 e. The zero-order chi connectivity index (χ0) is 21.3. The van der Waals surface area contributed by atoms with Crippen molar-refractivity contribution in [3.05, 3.63) is 114 Å². The number of fused-ring (bicyclic) bond motifs is 2. The monoisotopic (exact) mass is 550 g/mol. The van der Waals surface area contributed by atoms with Crippen LogP contribution in [0.25, 0.3) is 0 Å². The Balaban J connectivity index is 0.000000866. The molecule has 0 radical (unpaired) electrons. The average Bonchev–Trinajstić information content (AvgIpc) is 3.24. The summed E-state index contributed by atoms with van der Waals surface area (Å²) < 4.78 is 0. The second-order valence-electron chi connectivity index (χ2n) is 10.8. The first kappa shape index (κ1) is 33.1. The standard InChI is InChI=1S/C22H32Si.C7H7.3CH3.Zr/c1-15-13-17-9-5-7-11-19(17)21(15)23(3,4)22-16(2)14-18-10-6-8-12-20(18)22;1-7-5-3-2-4-6-7;;;;/h5-12,15-22H,13-14H2,1-4H3;2-6H,1H2;3*1H3;/q;4*-1;+4. The maximum atomic E-state index is 3.72. The number of rotatable bonds is 2. The Kier molecular flexibility index (Phi) is 13.7. The van der Waals surface area contributed by atoms with Crippen LogP contribution in [0.5, 0.6) is 0 Å². The van der Waals surface area contributed by atoms with E-state index in [-0.39, 0.29) is 48.5 Å². The molecule has 1 aromatic carbocycles. The number of allylic oxidation sites excluding steroid dienone is 8. The van der Waals surface area contributed by atoms with Crippen LogP contribution in [-0.2, 0) is 26.2 Å². The molecule has 34 heavy (non-hydrogen) atoms. The van der Waals surface area contributed by atoms with Crippen LogP contribution in [0.2, 0.25) is 24.2 Å². The first-order valence-corrected chi connectivity index (χ1v) is 15.1. The summed E-state index contributed by atoms with van der Waals surface area (Å²) >= 11 is 0. The van der Waals surface area contributed by atoms with E-state index in [9.17, 15) is 0 Å². The van der Waals surface area contributed by atoms with Crippen LogP contribution in [0, 0.1) is 64.7 Å². The molecule has 0 N–H and O–H groups in total. The smallest absolute Gasteiger partial charge is 0.358 e. The van der Waals surface area contributed by atoms with Crippen LogP contribution in [-0.4, -0.2) is 8.07 Å². The summed E-state index contributed by atoms with van der Waals surface area (Å²) in [5, 5.41) is 0. The molecule has 8 atom stereocenters. The fourth-order valence-corrected chi connectivity index (χ4v) is 14.0. The molecule has 0 spiro atoms. The summed E-state index contributed by atoms with van der Waals surface area (Å²) in [6.07, 6.45) is 22.1. The molecule has 0 aliphatic heterocycles. The van der Waals surface area contributed by atoms with Gasteiger partial charge in [0.15, 0.2) is 0 Å². The zero-order valence-electron chi connectivity index (χ0n) is 22.7. The molecule has 5 rings (SSSR count). The van der Waals surface area contributed by atoms with E-state index in [1.807, 2.05) is 30.3 Å². The maximum absolute atomic E-state index is 3.72. The molecule has 4 aliphatic carbocycles. The van der Waals surface area contributed by atoms with Crippen molar-refractivity contribution in [1.29, 1.82) is 0 Å². The predicted octanol–water partition coefficient (Wildman–Crippen LogP) is 9.45. The summed E-state index contributed by atoms with van der Waals surface area (Å²) in [5.74, 6) is 5.08. The van der Waals surface area contributed by atoms with Gasteiger partial charge >= 0.3 is 26.2 Å². The zero-order valence-corrected chi connectivity index (χ0v) is 26.2. The fraction of sp³-hybridized carbons (Fsp3) is 0.438. The van der Waals surface area contributed by atoms with E-state index in [0.717, 1.165) is 52.2 Å². The van der Waals surface area contributed by atoms with Gasteiger partial charge in [-0.15, -0.1) is 12.1 Å². The molecule has 8 unspecified atom stereocenters. The van der Waals surface area contributed by atoms with Crippen LogP contribution in [0.15, 0.2) is 78.9 Å². The van der Waals surface area contributed by atoms with Gasteiger partial charge in [0.1, 0.15) is 0 Å². The van der Waals surface area contributed by atoms with Gasteiger partial charge in [-0.1, -0.05) is 81.6 Å². The van der Waals surface area contributed by atoms with Crippen molar-refractivity contribution in [2.24, 2.45) is 35.5 Å². The first-order chi connectivity index (χ1) is 14.4. The summed E-state index contributed by atoms with van der Waals surface area (Å²) in [6, 6.07) is 9.87. The Hall–Kier alpha value is -0.850. The van der Waals surface area contributed by atoms with E-state index in [1.54, 1.807) is 0 Å². The van der Waals surface area contributed by atoms with Gasteiger partial charge < -0.3 is 22.3 Å². The van der Waals surface area contributed by atoms with Crippen molar-refractivity contribution in [3.8, 4) is 0 Å². The molecule has 0 aromatic heterocycles. The van der Waals surface area contributed by atoms with Crippen LogP contribution in [0.3, 0.4) is 0 Å². The minimum atomic E-state index is -1.35. The third kappa shape index (κ3) is 6.67. The second kappa shape index (κ2) is 14.0. The number of benzene rings is 1. The first-order valence-electron chi connectivity index (χ1n) is 12.0. The van der Waals surface area contributed by atoms with E-state index in [1.165, 1.54) is 12.8 Å². The normalized spacial score (nSPS) is 34.1. The minimum Gasteiger partial charge on any atom is -0.358 e. The van der Waals surface area contributed by atoms with E-state index in [2.05, 4.69) is 82.5 Å². The number of hydrogen-bond donors (Lipinski definition) is 0. The quantitative estimate of drug-likeness (QED) is 0.254. The molecular weight excluding hydrogens is 504 g/mol.